The van der Waals surface area contributed by atoms with Crippen LogP contribution in [0.5, 0.6) is 0 Å². The zero-order valence-corrected chi connectivity index (χ0v) is 8.55. The van der Waals surface area contributed by atoms with Crippen LogP contribution < -0.4 is 0 Å². The highest BCUT2D eigenvalue weighted by Gasteiger charge is 2.13. The Labute approximate surface area is 70.3 Å². The summed E-state index contributed by atoms with van der Waals surface area (Å²) in [6.45, 7) is 10.8. The number of nitrogens with zero attached hydrogens (tertiary/aromatic N) is 2. The minimum Gasteiger partial charge on any atom is -0.356 e. The van der Waals surface area contributed by atoms with Gasteiger partial charge in [-0.05, 0) is 34.6 Å². The maximum Gasteiger partial charge on any atom is 0.0958 e. The molecule has 0 saturated carbocycles. The van der Waals surface area contributed by atoms with Crippen molar-refractivity contribution in [2.75, 3.05) is 7.05 Å². The van der Waals surface area contributed by atoms with Gasteiger partial charge in [0.15, 0.2) is 0 Å². The van der Waals surface area contributed by atoms with E-state index in [2.05, 4.69) is 44.5 Å². The maximum atomic E-state index is 4.17. The van der Waals surface area contributed by atoms with Gasteiger partial charge in [0.25, 0.3) is 0 Å². The number of hydrogen-bond acceptors (Lipinski definition) is 1. The van der Waals surface area contributed by atoms with E-state index in [0.717, 1.165) is 5.84 Å². The Bertz CT molecular complexity index is 128. The standard InChI is InChI=1S/C9H20N2/c1-7(2)11(8(3)4)9(5)10-6/h7-8H,1-6H3. The molecule has 0 spiro atoms. The van der Waals surface area contributed by atoms with Crippen molar-refractivity contribution in [3.63, 3.8) is 0 Å². The Hall–Kier alpha value is -0.530. The van der Waals surface area contributed by atoms with Crippen LogP contribution in [-0.4, -0.2) is 29.9 Å². The van der Waals surface area contributed by atoms with Gasteiger partial charge in [-0.3, -0.25) is 4.99 Å². The predicted octanol–water partition coefficient (Wildman–Crippen LogP) is 2.15. The van der Waals surface area contributed by atoms with E-state index < -0.39 is 0 Å². The third-order valence-corrected chi connectivity index (χ3v) is 1.81. The topological polar surface area (TPSA) is 15.6 Å². The predicted molar refractivity (Wildman–Crippen MR) is 51.1 cm³/mol. The van der Waals surface area contributed by atoms with Gasteiger partial charge in [-0.2, -0.15) is 0 Å². The summed E-state index contributed by atoms with van der Waals surface area (Å²) in [5.41, 5.74) is 0. The lowest BCUT2D eigenvalue weighted by molar-refractivity contribution is 0.290. The van der Waals surface area contributed by atoms with E-state index in [1.54, 1.807) is 0 Å². The summed E-state index contributed by atoms with van der Waals surface area (Å²) in [7, 11) is 1.84. The summed E-state index contributed by atoms with van der Waals surface area (Å²) in [6.07, 6.45) is 0. The van der Waals surface area contributed by atoms with Crippen molar-refractivity contribution in [3.05, 3.63) is 0 Å². The summed E-state index contributed by atoms with van der Waals surface area (Å²) in [4.78, 5) is 6.48. The van der Waals surface area contributed by atoms with Crippen molar-refractivity contribution in [2.24, 2.45) is 4.99 Å². The Morgan fingerprint density at radius 3 is 1.55 bits per heavy atom. The van der Waals surface area contributed by atoms with Crippen molar-refractivity contribution >= 4 is 5.84 Å². The molecule has 0 rings (SSSR count). The SMILES string of the molecule is CN=C(C)N(C(C)C)C(C)C. The molecule has 0 radical (unpaired) electrons. The summed E-state index contributed by atoms with van der Waals surface area (Å²) in [5, 5.41) is 0. The van der Waals surface area contributed by atoms with Crippen LogP contribution in [0.4, 0.5) is 0 Å². The fraction of sp³-hybridized carbons (Fsp3) is 0.889. The van der Waals surface area contributed by atoms with Crippen molar-refractivity contribution in [2.45, 2.75) is 46.7 Å². The second-order valence-corrected chi connectivity index (χ2v) is 3.37. The van der Waals surface area contributed by atoms with Gasteiger partial charge in [-0.25, -0.2) is 0 Å². The third kappa shape index (κ3) is 2.91. The first-order valence-corrected chi connectivity index (χ1v) is 4.22. The molecule has 0 aliphatic heterocycles. The lowest BCUT2D eigenvalue weighted by Crippen LogP contribution is -2.40. The second kappa shape index (κ2) is 4.37. The largest absolute Gasteiger partial charge is 0.356 e. The molecule has 0 heterocycles. The molecule has 0 N–H and O–H groups in total. The monoisotopic (exact) mass is 156 g/mol. The second-order valence-electron chi connectivity index (χ2n) is 3.37. The van der Waals surface area contributed by atoms with Gasteiger partial charge < -0.3 is 4.90 Å². The highest BCUT2D eigenvalue weighted by Crippen LogP contribution is 2.05. The van der Waals surface area contributed by atoms with Gasteiger partial charge in [0.2, 0.25) is 0 Å². The van der Waals surface area contributed by atoms with Gasteiger partial charge >= 0.3 is 0 Å². The fourth-order valence-corrected chi connectivity index (χ4v) is 1.46. The molecule has 0 atom stereocenters. The first-order chi connectivity index (χ1) is 5.00. The molecular formula is C9H20N2. The van der Waals surface area contributed by atoms with Gasteiger partial charge in [-0.1, -0.05) is 0 Å². The summed E-state index contributed by atoms with van der Waals surface area (Å²) in [5.74, 6) is 1.12. The van der Waals surface area contributed by atoms with Crippen LogP contribution >= 0.6 is 0 Å². The molecular weight excluding hydrogens is 136 g/mol. The van der Waals surface area contributed by atoms with E-state index in [1.165, 1.54) is 0 Å². The van der Waals surface area contributed by atoms with E-state index in [9.17, 15) is 0 Å². The average molecular weight is 156 g/mol. The quantitative estimate of drug-likeness (QED) is 0.442. The molecule has 0 aromatic carbocycles. The molecule has 0 bridgehead atoms. The van der Waals surface area contributed by atoms with Gasteiger partial charge in [-0.15, -0.1) is 0 Å². The van der Waals surface area contributed by atoms with Crippen molar-refractivity contribution in [3.8, 4) is 0 Å². The van der Waals surface area contributed by atoms with E-state index in [4.69, 9.17) is 0 Å². The lowest BCUT2D eigenvalue weighted by Gasteiger charge is -2.32. The first-order valence-electron chi connectivity index (χ1n) is 4.22. The van der Waals surface area contributed by atoms with Crippen LogP contribution in [-0.2, 0) is 0 Å². The normalized spacial score (nSPS) is 12.9. The molecule has 0 aromatic rings. The Morgan fingerprint density at radius 1 is 1.09 bits per heavy atom. The molecule has 66 valence electrons. The van der Waals surface area contributed by atoms with Crippen molar-refractivity contribution in [1.82, 2.24) is 4.90 Å². The lowest BCUT2D eigenvalue weighted by atomic mass is 10.2. The minimum absolute atomic E-state index is 0.540. The average Bonchev–Trinajstić information content (AvgIpc) is 1.85. The molecule has 0 aliphatic carbocycles. The first kappa shape index (κ1) is 10.5. The van der Waals surface area contributed by atoms with Crippen LogP contribution in [0.15, 0.2) is 4.99 Å². The number of rotatable bonds is 2. The molecule has 0 unspecified atom stereocenters. The number of hydrogen-bond donors (Lipinski definition) is 0. The van der Waals surface area contributed by atoms with E-state index in [1.807, 2.05) is 7.05 Å². The summed E-state index contributed by atoms with van der Waals surface area (Å²) < 4.78 is 0. The number of amidine groups is 1. The van der Waals surface area contributed by atoms with Crippen LogP contribution in [0.25, 0.3) is 0 Å². The van der Waals surface area contributed by atoms with Crippen molar-refractivity contribution < 1.29 is 0 Å². The number of aliphatic imine (C=N–C) groups is 1. The molecule has 2 nitrogen and oxygen atoms in total. The van der Waals surface area contributed by atoms with Crippen molar-refractivity contribution in [1.29, 1.82) is 0 Å². The highest BCUT2D eigenvalue weighted by molar-refractivity contribution is 5.80. The zero-order chi connectivity index (χ0) is 9.02. The summed E-state index contributed by atoms with van der Waals surface area (Å²) in [6, 6.07) is 1.08. The molecule has 0 amide bonds. The molecule has 0 aliphatic rings. The zero-order valence-electron chi connectivity index (χ0n) is 8.55. The van der Waals surface area contributed by atoms with E-state index in [-0.39, 0.29) is 0 Å². The summed E-state index contributed by atoms with van der Waals surface area (Å²) >= 11 is 0. The highest BCUT2D eigenvalue weighted by atomic mass is 15.2. The smallest absolute Gasteiger partial charge is 0.0958 e. The van der Waals surface area contributed by atoms with E-state index in [0.29, 0.717) is 12.1 Å². The van der Waals surface area contributed by atoms with Crippen LogP contribution in [0.3, 0.4) is 0 Å². The van der Waals surface area contributed by atoms with Crippen LogP contribution in [0.1, 0.15) is 34.6 Å². The van der Waals surface area contributed by atoms with Crippen LogP contribution in [0.2, 0.25) is 0 Å². The molecule has 0 aromatic heterocycles. The Morgan fingerprint density at radius 2 is 1.45 bits per heavy atom. The maximum absolute atomic E-state index is 4.17. The molecule has 2 heteroatoms. The molecule has 0 saturated heterocycles. The fourth-order valence-electron chi connectivity index (χ4n) is 1.46. The van der Waals surface area contributed by atoms with Gasteiger partial charge in [0.05, 0.1) is 5.84 Å². The third-order valence-electron chi connectivity index (χ3n) is 1.81. The van der Waals surface area contributed by atoms with Crippen LogP contribution in [0, 0.1) is 0 Å². The Kier molecular flexibility index (Phi) is 4.16. The molecule has 0 fully saturated rings. The van der Waals surface area contributed by atoms with Gasteiger partial charge in [0, 0.05) is 19.1 Å². The minimum atomic E-state index is 0.540. The van der Waals surface area contributed by atoms with Gasteiger partial charge in [0.1, 0.15) is 0 Å². The Balaban J connectivity index is 4.35. The van der Waals surface area contributed by atoms with E-state index >= 15 is 0 Å². The molecule has 11 heavy (non-hydrogen) atoms.